The molecule has 2 rings (SSSR count). The van der Waals surface area contributed by atoms with Gasteiger partial charge >= 0.3 is 0 Å². The first kappa shape index (κ1) is 25.8. The fourth-order valence-electron chi connectivity index (χ4n) is 4.94. The highest BCUT2D eigenvalue weighted by Gasteiger charge is 2.41. The molecule has 0 aromatic heterocycles. The summed E-state index contributed by atoms with van der Waals surface area (Å²) in [6, 6.07) is 6.65. The van der Waals surface area contributed by atoms with Crippen LogP contribution in [0.3, 0.4) is 0 Å². The van der Waals surface area contributed by atoms with Crippen molar-refractivity contribution in [2.45, 2.75) is 96.2 Å². The summed E-state index contributed by atoms with van der Waals surface area (Å²) >= 11 is 0. The van der Waals surface area contributed by atoms with Crippen LogP contribution in [-0.4, -0.2) is 60.3 Å². The van der Waals surface area contributed by atoms with Gasteiger partial charge < -0.3 is 10.2 Å². The van der Waals surface area contributed by atoms with Gasteiger partial charge in [-0.1, -0.05) is 33.3 Å². The summed E-state index contributed by atoms with van der Waals surface area (Å²) in [6.45, 7) is 16.0. The monoisotopic (exact) mass is 451 g/mol. The zero-order chi connectivity index (χ0) is 23.4. The van der Waals surface area contributed by atoms with Crippen LogP contribution in [0.5, 0.6) is 0 Å². The molecule has 0 spiro atoms. The molecule has 1 aromatic carbocycles. The molecule has 1 aliphatic heterocycles. The maximum absolute atomic E-state index is 13.7. The summed E-state index contributed by atoms with van der Waals surface area (Å²) < 4.78 is 27.4. The number of hydrogen-bond acceptors (Lipinski definition) is 4. The molecule has 0 radical (unpaired) electrons. The minimum Gasteiger partial charge on any atom is -0.336 e. The van der Waals surface area contributed by atoms with Crippen molar-refractivity contribution in [2.75, 3.05) is 19.6 Å². The lowest BCUT2D eigenvalue weighted by Crippen LogP contribution is -2.62. The number of rotatable bonds is 9. The summed E-state index contributed by atoms with van der Waals surface area (Å²) in [6.07, 6.45) is 3.65. The first-order valence-corrected chi connectivity index (χ1v) is 13.0. The number of nitrogens with one attached hydrogen (secondary N) is 1. The van der Waals surface area contributed by atoms with Crippen molar-refractivity contribution < 1.29 is 13.2 Å². The van der Waals surface area contributed by atoms with Crippen LogP contribution in [0.25, 0.3) is 0 Å². The number of sulfonamides is 1. The highest BCUT2D eigenvalue weighted by Crippen LogP contribution is 2.32. The Kier molecular flexibility index (Phi) is 8.33. The van der Waals surface area contributed by atoms with Gasteiger partial charge in [-0.15, -0.1) is 0 Å². The lowest BCUT2D eigenvalue weighted by molar-refractivity contribution is 0.0441. The Morgan fingerprint density at radius 1 is 1.06 bits per heavy atom. The average Bonchev–Trinajstić information content (AvgIpc) is 2.66. The van der Waals surface area contributed by atoms with E-state index in [1.165, 1.54) is 4.31 Å². The predicted octanol–water partition coefficient (Wildman–Crippen LogP) is 4.27. The van der Waals surface area contributed by atoms with Gasteiger partial charge in [0, 0.05) is 42.3 Å². The largest absolute Gasteiger partial charge is 0.336 e. The van der Waals surface area contributed by atoms with Crippen molar-refractivity contribution in [3.8, 4) is 0 Å². The number of unbranched alkanes of at least 4 members (excludes halogenated alkanes) is 1. The second-order valence-electron chi connectivity index (χ2n) is 9.92. The summed E-state index contributed by atoms with van der Waals surface area (Å²) in [5.74, 6) is -0.0800. The molecule has 1 fully saturated rings. The standard InChI is InChI=1S/C24H41N3O3S/c1-8-11-15-27(20-17-23(4,5)25-24(6,7)18-20)22(28)19-13-12-14-21(16-19)31(29,30)26(9-2)10-3/h12-14,16,20,25H,8-11,15,17-18H2,1-7H3. The third-order valence-electron chi connectivity index (χ3n) is 6.05. The molecule has 6 nitrogen and oxygen atoms in total. The molecule has 1 aliphatic rings. The zero-order valence-corrected chi connectivity index (χ0v) is 21.2. The van der Waals surface area contributed by atoms with Crippen LogP contribution in [0.4, 0.5) is 0 Å². The Balaban J connectivity index is 2.40. The molecule has 0 bridgehead atoms. The normalized spacial score (nSPS) is 18.8. The van der Waals surface area contributed by atoms with Crippen LogP contribution in [-0.2, 0) is 10.0 Å². The molecular formula is C24H41N3O3S. The molecule has 1 aromatic rings. The van der Waals surface area contributed by atoms with Gasteiger partial charge in [-0.3, -0.25) is 4.79 Å². The smallest absolute Gasteiger partial charge is 0.254 e. The predicted molar refractivity (Wildman–Crippen MR) is 127 cm³/mol. The topological polar surface area (TPSA) is 69.7 Å². The van der Waals surface area contributed by atoms with E-state index in [-0.39, 0.29) is 27.9 Å². The second-order valence-corrected chi connectivity index (χ2v) is 11.9. The maximum atomic E-state index is 13.7. The Morgan fingerprint density at radius 3 is 2.16 bits per heavy atom. The van der Waals surface area contributed by atoms with Gasteiger partial charge in [-0.2, -0.15) is 4.31 Å². The van der Waals surface area contributed by atoms with Crippen molar-refractivity contribution in [1.29, 1.82) is 0 Å². The Morgan fingerprint density at radius 2 is 1.65 bits per heavy atom. The quantitative estimate of drug-likeness (QED) is 0.609. The van der Waals surface area contributed by atoms with E-state index in [1.807, 2.05) is 18.7 Å². The number of carbonyl (C=O) groups excluding carboxylic acids is 1. The highest BCUT2D eigenvalue weighted by atomic mass is 32.2. The fourth-order valence-corrected chi connectivity index (χ4v) is 6.44. The van der Waals surface area contributed by atoms with E-state index in [0.717, 1.165) is 25.7 Å². The number of carbonyl (C=O) groups is 1. The van der Waals surface area contributed by atoms with E-state index in [9.17, 15) is 13.2 Å². The number of piperidine rings is 1. The molecule has 1 heterocycles. The summed E-state index contributed by atoms with van der Waals surface area (Å²) in [5.41, 5.74) is 0.286. The van der Waals surface area contributed by atoms with Gasteiger partial charge in [0.25, 0.3) is 5.91 Å². The first-order chi connectivity index (χ1) is 14.4. The number of hydrogen-bond donors (Lipinski definition) is 1. The van der Waals surface area contributed by atoms with Crippen molar-refractivity contribution >= 4 is 15.9 Å². The number of benzene rings is 1. The highest BCUT2D eigenvalue weighted by molar-refractivity contribution is 7.89. The number of amides is 1. The van der Waals surface area contributed by atoms with E-state index in [0.29, 0.717) is 25.2 Å². The SMILES string of the molecule is CCCCN(C(=O)c1cccc(S(=O)(=O)N(CC)CC)c1)C1CC(C)(C)NC(C)(C)C1. The zero-order valence-electron chi connectivity index (χ0n) is 20.4. The molecule has 0 unspecified atom stereocenters. The molecule has 176 valence electrons. The molecule has 7 heteroatoms. The van der Waals surface area contributed by atoms with Crippen LogP contribution in [0.15, 0.2) is 29.2 Å². The van der Waals surface area contributed by atoms with Gasteiger partial charge in [-0.25, -0.2) is 8.42 Å². The van der Waals surface area contributed by atoms with Gasteiger partial charge in [0.15, 0.2) is 0 Å². The van der Waals surface area contributed by atoms with Crippen molar-refractivity contribution in [2.24, 2.45) is 0 Å². The minimum atomic E-state index is -3.61. The van der Waals surface area contributed by atoms with Crippen molar-refractivity contribution in [1.82, 2.24) is 14.5 Å². The molecule has 1 amide bonds. The van der Waals surface area contributed by atoms with Crippen LogP contribution < -0.4 is 5.32 Å². The van der Waals surface area contributed by atoms with Crippen LogP contribution in [0, 0.1) is 0 Å². The third-order valence-corrected chi connectivity index (χ3v) is 8.09. The van der Waals surface area contributed by atoms with Crippen LogP contribution in [0.1, 0.15) is 84.5 Å². The van der Waals surface area contributed by atoms with E-state index in [2.05, 4.69) is 39.9 Å². The van der Waals surface area contributed by atoms with E-state index < -0.39 is 10.0 Å². The van der Waals surface area contributed by atoms with Crippen molar-refractivity contribution in [3.63, 3.8) is 0 Å². The maximum Gasteiger partial charge on any atom is 0.254 e. The summed E-state index contributed by atoms with van der Waals surface area (Å²) in [5, 5.41) is 3.68. The Labute approximate surface area is 189 Å². The van der Waals surface area contributed by atoms with E-state index in [4.69, 9.17) is 0 Å². The molecule has 1 N–H and O–H groups in total. The molecule has 1 saturated heterocycles. The fraction of sp³-hybridized carbons (Fsp3) is 0.708. The van der Waals surface area contributed by atoms with Crippen LogP contribution in [0.2, 0.25) is 0 Å². The minimum absolute atomic E-state index is 0.0783. The molecule has 0 saturated carbocycles. The van der Waals surface area contributed by atoms with Gasteiger partial charge in [0.1, 0.15) is 0 Å². The lowest BCUT2D eigenvalue weighted by Gasteiger charge is -2.49. The van der Waals surface area contributed by atoms with Gasteiger partial charge in [0.05, 0.1) is 4.90 Å². The average molecular weight is 452 g/mol. The van der Waals surface area contributed by atoms with E-state index in [1.54, 1.807) is 24.3 Å². The van der Waals surface area contributed by atoms with E-state index >= 15 is 0 Å². The number of nitrogens with zero attached hydrogens (tertiary/aromatic N) is 2. The Hall–Kier alpha value is -1.44. The molecular weight excluding hydrogens is 410 g/mol. The first-order valence-electron chi connectivity index (χ1n) is 11.6. The van der Waals surface area contributed by atoms with Crippen LogP contribution >= 0.6 is 0 Å². The summed E-state index contributed by atoms with van der Waals surface area (Å²) in [7, 11) is -3.61. The molecule has 0 atom stereocenters. The third kappa shape index (κ3) is 6.30. The Bertz CT molecular complexity index is 845. The molecule has 0 aliphatic carbocycles. The van der Waals surface area contributed by atoms with Gasteiger partial charge in [0.2, 0.25) is 10.0 Å². The van der Waals surface area contributed by atoms with Gasteiger partial charge in [-0.05, 0) is 65.2 Å². The lowest BCUT2D eigenvalue weighted by atomic mass is 9.78. The second kappa shape index (κ2) is 10.0. The summed E-state index contributed by atoms with van der Waals surface area (Å²) in [4.78, 5) is 15.8. The molecule has 31 heavy (non-hydrogen) atoms. The van der Waals surface area contributed by atoms with Crippen molar-refractivity contribution in [3.05, 3.63) is 29.8 Å².